The molecular formula is C7H4BrClINO. The van der Waals surface area contributed by atoms with Crippen LogP contribution in [0.3, 0.4) is 0 Å². The largest absolute Gasteiger partial charge is 0.366 e. The predicted octanol–water partition coefficient (Wildman–Crippen LogP) is 2.81. The molecule has 1 amide bonds. The Labute approximate surface area is 96.7 Å². The number of carbonyl (C=O) groups is 1. The fourth-order valence-corrected chi connectivity index (χ4v) is 2.01. The van der Waals surface area contributed by atoms with E-state index in [0.29, 0.717) is 15.1 Å². The van der Waals surface area contributed by atoms with Crippen LogP contribution in [0.1, 0.15) is 10.4 Å². The molecule has 0 heterocycles. The Bertz CT molecular complexity index is 342. The summed E-state index contributed by atoms with van der Waals surface area (Å²) < 4.78 is 1.44. The van der Waals surface area contributed by atoms with Crippen LogP contribution in [0.4, 0.5) is 0 Å². The summed E-state index contributed by atoms with van der Waals surface area (Å²) in [6, 6.07) is 3.30. The average molecular weight is 360 g/mol. The van der Waals surface area contributed by atoms with Crippen molar-refractivity contribution in [2.75, 3.05) is 0 Å². The van der Waals surface area contributed by atoms with Gasteiger partial charge in [-0.25, -0.2) is 0 Å². The SMILES string of the molecule is NC(=O)c1cc(I)c(Cl)cc1Br. The quantitative estimate of drug-likeness (QED) is 0.607. The van der Waals surface area contributed by atoms with Crippen LogP contribution in [0.5, 0.6) is 0 Å². The van der Waals surface area contributed by atoms with Crippen molar-refractivity contribution in [3.8, 4) is 0 Å². The Morgan fingerprint density at radius 3 is 2.67 bits per heavy atom. The summed E-state index contributed by atoms with van der Waals surface area (Å²) in [7, 11) is 0. The summed E-state index contributed by atoms with van der Waals surface area (Å²) in [5.74, 6) is -0.462. The summed E-state index contributed by atoms with van der Waals surface area (Å²) in [4.78, 5) is 10.8. The Balaban J connectivity index is 3.33. The third kappa shape index (κ3) is 2.11. The lowest BCUT2D eigenvalue weighted by atomic mass is 10.2. The lowest BCUT2D eigenvalue weighted by Gasteiger charge is -2.02. The van der Waals surface area contributed by atoms with Gasteiger partial charge in [0.25, 0.3) is 0 Å². The van der Waals surface area contributed by atoms with Crippen molar-refractivity contribution < 1.29 is 4.79 Å². The van der Waals surface area contributed by atoms with Gasteiger partial charge in [-0.05, 0) is 50.7 Å². The monoisotopic (exact) mass is 359 g/mol. The van der Waals surface area contributed by atoms with Gasteiger partial charge in [-0.15, -0.1) is 0 Å². The van der Waals surface area contributed by atoms with Crippen LogP contribution in [0, 0.1) is 3.57 Å². The number of hydrogen-bond donors (Lipinski definition) is 1. The number of amides is 1. The van der Waals surface area contributed by atoms with Crippen molar-refractivity contribution in [1.82, 2.24) is 0 Å². The van der Waals surface area contributed by atoms with E-state index in [4.69, 9.17) is 17.3 Å². The molecule has 12 heavy (non-hydrogen) atoms. The first kappa shape index (κ1) is 10.3. The number of carbonyl (C=O) groups excluding carboxylic acids is 1. The van der Waals surface area contributed by atoms with Gasteiger partial charge in [0.15, 0.2) is 0 Å². The highest BCUT2D eigenvalue weighted by Crippen LogP contribution is 2.26. The number of nitrogens with two attached hydrogens (primary N) is 1. The predicted molar refractivity (Wildman–Crippen MR) is 60.4 cm³/mol. The molecule has 0 aliphatic carbocycles. The van der Waals surface area contributed by atoms with Crippen molar-refractivity contribution in [1.29, 1.82) is 0 Å². The van der Waals surface area contributed by atoms with Gasteiger partial charge in [0.1, 0.15) is 0 Å². The van der Waals surface area contributed by atoms with Gasteiger partial charge >= 0.3 is 0 Å². The van der Waals surface area contributed by atoms with E-state index in [9.17, 15) is 4.79 Å². The van der Waals surface area contributed by atoms with Crippen LogP contribution >= 0.6 is 50.1 Å². The average Bonchev–Trinajstić information content (AvgIpc) is 1.96. The number of primary amides is 1. The van der Waals surface area contributed by atoms with Crippen LogP contribution in [0.15, 0.2) is 16.6 Å². The van der Waals surface area contributed by atoms with Gasteiger partial charge in [0, 0.05) is 8.04 Å². The van der Waals surface area contributed by atoms with Gasteiger partial charge in [-0.2, -0.15) is 0 Å². The summed E-state index contributed by atoms with van der Waals surface area (Å²) >= 11 is 11.0. The molecule has 0 aliphatic heterocycles. The minimum Gasteiger partial charge on any atom is -0.366 e. The lowest BCUT2D eigenvalue weighted by molar-refractivity contribution is 0.0999. The Hall–Kier alpha value is 0.190. The van der Waals surface area contributed by atoms with E-state index in [2.05, 4.69) is 15.9 Å². The minimum absolute atomic E-state index is 0.448. The highest BCUT2D eigenvalue weighted by Gasteiger charge is 2.08. The van der Waals surface area contributed by atoms with Crippen LogP contribution in [0.2, 0.25) is 5.02 Å². The molecule has 2 nitrogen and oxygen atoms in total. The Morgan fingerprint density at radius 1 is 1.58 bits per heavy atom. The van der Waals surface area contributed by atoms with Gasteiger partial charge in [-0.1, -0.05) is 11.6 Å². The fourth-order valence-electron chi connectivity index (χ4n) is 0.711. The van der Waals surface area contributed by atoms with Crippen LogP contribution in [0.25, 0.3) is 0 Å². The first-order chi connectivity index (χ1) is 5.52. The molecule has 1 rings (SSSR count). The summed E-state index contributed by atoms with van der Waals surface area (Å²) in [5.41, 5.74) is 5.57. The summed E-state index contributed by atoms with van der Waals surface area (Å²) in [5, 5.41) is 0.604. The molecule has 5 heteroatoms. The van der Waals surface area contributed by atoms with Crippen LogP contribution in [-0.2, 0) is 0 Å². The highest BCUT2D eigenvalue weighted by molar-refractivity contribution is 14.1. The van der Waals surface area contributed by atoms with E-state index in [-0.39, 0.29) is 0 Å². The van der Waals surface area contributed by atoms with Crippen LogP contribution in [-0.4, -0.2) is 5.91 Å². The normalized spacial score (nSPS) is 9.92. The highest BCUT2D eigenvalue weighted by atomic mass is 127. The van der Waals surface area contributed by atoms with Gasteiger partial charge in [0.05, 0.1) is 10.6 Å². The maximum absolute atomic E-state index is 10.8. The number of rotatable bonds is 1. The van der Waals surface area contributed by atoms with E-state index in [0.717, 1.165) is 3.57 Å². The first-order valence-electron chi connectivity index (χ1n) is 2.96. The number of hydrogen-bond acceptors (Lipinski definition) is 1. The van der Waals surface area contributed by atoms with Crippen LogP contribution < -0.4 is 5.73 Å². The molecular weight excluding hydrogens is 356 g/mol. The molecule has 1 aromatic rings. The molecule has 0 aliphatic rings. The third-order valence-corrected chi connectivity index (χ3v) is 3.46. The van der Waals surface area contributed by atoms with Crippen molar-refractivity contribution in [2.24, 2.45) is 5.73 Å². The van der Waals surface area contributed by atoms with E-state index in [1.807, 2.05) is 22.6 Å². The second-order valence-corrected chi connectivity index (χ2v) is 4.53. The topological polar surface area (TPSA) is 43.1 Å². The molecule has 2 N–H and O–H groups in total. The number of halogens is 3. The second-order valence-electron chi connectivity index (χ2n) is 2.11. The molecule has 0 bridgehead atoms. The second kappa shape index (κ2) is 3.93. The third-order valence-electron chi connectivity index (χ3n) is 1.28. The molecule has 0 aromatic heterocycles. The molecule has 1 aromatic carbocycles. The lowest BCUT2D eigenvalue weighted by Crippen LogP contribution is -2.11. The zero-order chi connectivity index (χ0) is 9.30. The molecule has 0 fully saturated rings. The molecule has 0 radical (unpaired) electrons. The van der Waals surface area contributed by atoms with E-state index in [1.165, 1.54) is 0 Å². The van der Waals surface area contributed by atoms with Gasteiger partial charge in [-0.3, -0.25) is 4.79 Å². The summed E-state index contributed by atoms with van der Waals surface area (Å²) in [6.45, 7) is 0. The molecule has 0 atom stereocenters. The van der Waals surface area contributed by atoms with Crippen molar-refractivity contribution in [2.45, 2.75) is 0 Å². The Kier molecular flexibility index (Phi) is 3.37. The zero-order valence-corrected chi connectivity index (χ0v) is 10.3. The molecule has 0 spiro atoms. The molecule has 0 saturated carbocycles. The molecule has 0 unspecified atom stereocenters. The van der Waals surface area contributed by atoms with Crippen molar-refractivity contribution >= 4 is 56.0 Å². The maximum Gasteiger partial charge on any atom is 0.249 e. The van der Waals surface area contributed by atoms with E-state index in [1.54, 1.807) is 12.1 Å². The maximum atomic E-state index is 10.8. The van der Waals surface area contributed by atoms with Gasteiger partial charge < -0.3 is 5.73 Å². The fraction of sp³-hybridized carbons (Fsp3) is 0. The van der Waals surface area contributed by atoms with Crippen molar-refractivity contribution in [3.63, 3.8) is 0 Å². The van der Waals surface area contributed by atoms with E-state index >= 15 is 0 Å². The zero-order valence-electron chi connectivity index (χ0n) is 5.77. The minimum atomic E-state index is -0.462. The van der Waals surface area contributed by atoms with Crippen molar-refractivity contribution in [3.05, 3.63) is 30.8 Å². The standard InChI is InChI=1S/C7H4BrClINO/c8-4-2-5(9)6(10)1-3(4)7(11)12/h1-2H,(H2,11,12). The molecule has 64 valence electrons. The summed E-state index contributed by atoms with van der Waals surface area (Å²) in [6.07, 6.45) is 0. The molecule has 0 saturated heterocycles. The van der Waals surface area contributed by atoms with Gasteiger partial charge in [0.2, 0.25) is 5.91 Å². The smallest absolute Gasteiger partial charge is 0.249 e. The first-order valence-corrected chi connectivity index (χ1v) is 5.21. The Morgan fingerprint density at radius 2 is 2.17 bits per heavy atom. The number of benzene rings is 1. The van der Waals surface area contributed by atoms with E-state index < -0.39 is 5.91 Å².